The van der Waals surface area contributed by atoms with Gasteiger partial charge in [0.25, 0.3) is 0 Å². The zero-order chi connectivity index (χ0) is 11.4. The summed E-state index contributed by atoms with van der Waals surface area (Å²) < 4.78 is 11.4. The lowest BCUT2D eigenvalue weighted by atomic mass is 10.2. The maximum absolute atomic E-state index is 5.49. The van der Waals surface area contributed by atoms with Crippen LogP contribution in [0.15, 0.2) is 34.9 Å². The minimum Gasteiger partial charge on any atom is -0.490 e. The number of benzene rings is 1. The van der Waals surface area contributed by atoms with E-state index in [1.807, 2.05) is 24.3 Å². The maximum atomic E-state index is 5.49. The van der Waals surface area contributed by atoms with Crippen LogP contribution in [0.5, 0.6) is 5.75 Å². The molecular formula is C12H12BrNO2. The van der Waals surface area contributed by atoms with Crippen molar-refractivity contribution in [3.63, 3.8) is 0 Å². The van der Waals surface area contributed by atoms with E-state index in [2.05, 4.69) is 20.9 Å². The van der Waals surface area contributed by atoms with E-state index >= 15 is 0 Å². The summed E-state index contributed by atoms with van der Waals surface area (Å²) in [5.41, 5.74) is 0.960. The Hall–Kier alpha value is -1.13. The van der Waals surface area contributed by atoms with Crippen molar-refractivity contribution in [2.24, 2.45) is 0 Å². The van der Waals surface area contributed by atoms with E-state index in [-0.39, 0.29) is 0 Å². The number of halogens is 1. The van der Waals surface area contributed by atoms with Crippen LogP contribution in [0.1, 0.15) is 0 Å². The molecule has 0 N–H and O–H groups in total. The summed E-state index contributed by atoms with van der Waals surface area (Å²) in [6.07, 6.45) is 1.73. The van der Waals surface area contributed by atoms with Crippen molar-refractivity contribution in [1.29, 1.82) is 0 Å². The first-order valence-corrected chi connectivity index (χ1v) is 5.76. The SMILES string of the molecule is COCCOc1cnc2ccc(Br)cc2c1. The van der Waals surface area contributed by atoms with Crippen LogP contribution in [-0.4, -0.2) is 25.3 Å². The molecule has 4 heteroatoms. The van der Waals surface area contributed by atoms with Crippen molar-refractivity contribution >= 4 is 26.8 Å². The minimum absolute atomic E-state index is 0.539. The summed E-state index contributed by atoms with van der Waals surface area (Å²) in [5.74, 6) is 0.766. The highest BCUT2D eigenvalue weighted by atomic mass is 79.9. The zero-order valence-electron chi connectivity index (χ0n) is 8.94. The van der Waals surface area contributed by atoms with Crippen molar-refractivity contribution in [1.82, 2.24) is 4.98 Å². The lowest BCUT2D eigenvalue weighted by molar-refractivity contribution is 0.146. The lowest BCUT2D eigenvalue weighted by Crippen LogP contribution is -2.04. The van der Waals surface area contributed by atoms with Crippen LogP contribution in [0.2, 0.25) is 0 Å². The summed E-state index contributed by atoms with van der Waals surface area (Å²) in [5, 5.41) is 1.06. The number of hydrogen-bond donors (Lipinski definition) is 0. The topological polar surface area (TPSA) is 31.4 Å². The van der Waals surface area contributed by atoms with Gasteiger partial charge in [0, 0.05) is 17.0 Å². The summed E-state index contributed by atoms with van der Waals surface area (Å²) in [7, 11) is 1.65. The first-order chi connectivity index (χ1) is 7.79. The molecule has 0 fully saturated rings. The summed E-state index contributed by atoms with van der Waals surface area (Å²) in [4.78, 5) is 4.31. The molecule has 2 aromatic rings. The van der Waals surface area contributed by atoms with Gasteiger partial charge >= 0.3 is 0 Å². The molecule has 0 aliphatic heterocycles. The Morgan fingerprint density at radius 3 is 2.94 bits per heavy atom. The van der Waals surface area contributed by atoms with Crippen molar-refractivity contribution < 1.29 is 9.47 Å². The first-order valence-electron chi connectivity index (χ1n) is 4.96. The number of pyridine rings is 1. The standard InChI is InChI=1S/C12H12BrNO2/c1-15-4-5-16-11-7-9-6-10(13)2-3-12(9)14-8-11/h2-3,6-8H,4-5H2,1H3. The van der Waals surface area contributed by atoms with Gasteiger partial charge in [-0.2, -0.15) is 0 Å². The molecule has 0 unspecified atom stereocenters. The molecule has 0 aliphatic rings. The fourth-order valence-electron chi connectivity index (χ4n) is 1.40. The molecule has 1 aromatic heterocycles. The molecule has 0 aliphatic carbocycles. The van der Waals surface area contributed by atoms with Crippen molar-refractivity contribution in [2.45, 2.75) is 0 Å². The molecule has 0 saturated heterocycles. The second-order valence-corrected chi connectivity index (χ2v) is 4.26. The number of aromatic nitrogens is 1. The van der Waals surface area contributed by atoms with Crippen molar-refractivity contribution in [2.75, 3.05) is 20.3 Å². The van der Waals surface area contributed by atoms with Crippen LogP contribution in [0.4, 0.5) is 0 Å². The van der Waals surface area contributed by atoms with Gasteiger partial charge in [-0.05, 0) is 24.3 Å². The zero-order valence-corrected chi connectivity index (χ0v) is 10.5. The Balaban J connectivity index is 2.21. The summed E-state index contributed by atoms with van der Waals surface area (Å²) in [6, 6.07) is 7.94. The van der Waals surface area contributed by atoms with Crippen LogP contribution in [0, 0.1) is 0 Å². The van der Waals surface area contributed by atoms with Crippen LogP contribution < -0.4 is 4.74 Å². The largest absolute Gasteiger partial charge is 0.490 e. The van der Waals surface area contributed by atoms with E-state index < -0.39 is 0 Å². The molecule has 0 amide bonds. The normalized spacial score (nSPS) is 10.6. The van der Waals surface area contributed by atoms with Gasteiger partial charge in [-0.25, -0.2) is 0 Å². The van der Waals surface area contributed by atoms with Crippen LogP contribution in [0.3, 0.4) is 0 Å². The predicted molar refractivity (Wildman–Crippen MR) is 66.8 cm³/mol. The van der Waals surface area contributed by atoms with E-state index in [0.717, 1.165) is 21.1 Å². The molecule has 3 nitrogen and oxygen atoms in total. The fourth-order valence-corrected chi connectivity index (χ4v) is 1.78. The second kappa shape index (κ2) is 5.27. The van der Waals surface area contributed by atoms with Gasteiger partial charge in [-0.3, -0.25) is 4.98 Å². The Kier molecular flexibility index (Phi) is 3.74. The van der Waals surface area contributed by atoms with E-state index in [0.29, 0.717) is 13.2 Å². The van der Waals surface area contributed by atoms with E-state index in [1.165, 1.54) is 0 Å². The molecule has 0 atom stereocenters. The molecule has 1 aromatic carbocycles. The number of nitrogens with zero attached hydrogens (tertiary/aromatic N) is 1. The van der Waals surface area contributed by atoms with E-state index in [1.54, 1.807) is 13.3 Å². The van der Waals surface area contributed by atoms with Gasteiger partial charge in [0.1, 0.15) is 12.4 Å². The predicted octanol–water partition coefficient (Wildman–Crippen LogP) is 3.02. The van der Waals surface area contributed by atoms with Crippen LogP contribution >= 0.6 is 15.9 Å². The van der Waals surface area contributed by atoms with Gasteiger partial charge in [0.15, 0.2) is 0 Å². The van der Waals surface area contributed by atoms with Crippen molar-refractivity contribution in [3.05, 3.63) is 34.9 Å². The monoisotopic (exact) mass is 281 g/mol. The number of ether oxygens (including phenoxy) is 2. The number of rotatable bonds is 4. The molecule has 1 heterocycles. The van der Waals surface area contributed by atoms with E-state index in [9.17, 15) is 0 Å². The van der Waals surface area contributed by atoms with Gasteiger partial charge in [0.2, 0.25) is 0 Å². The highest BCUT2D eigenvalue weighted by Gasteiger charge is 1.99. The molecular weight excluding hydrogens is 270 g/mol. The molecule has 0 saturated carbocycles. The van der Waals surface area contributed by atoms with E-state index in [4.69, 9.17) is 9.47 Å². The Bertz CT molecular complexity index is 487. The molecule has 0 spiro atoms. The summed E-state index contributed by atoms with van der Waals surface area (Å²) in [6.45, 7) is 1.12. The van der Waals surface area contributed by atoms with Crippen LogP contribution in [-0.2, 0) is 4.74 Å². The third-order valence-electron chi connectivity index (χ3n) is 2.17. The second-order valence-electron chi connectivity index (χ2n) is 3.35. The molecule has 0 radical (unpaired) electrons. The Labute approximate surface area is 103 Å². The van der Waals surface area contributed by atoms with Gasteiger partial charge in [-0.1, -0.05) is 15.9 Å². The molecule has 0 bridgehead atoms. The molecule has 84 valence electrons. The third kappa shape index (κ3) is 2.71. The minimum atomic E-state index is 0.539. The van der Waals surface area contributed by atoms with Crippen molar-refractivity contribution in [3.8, 4) is 5.75 Å². The fraction of sp³-hybridized carbons (Fsp3) is 0.250. The number of fused-ring (bicyclic) bond motifs is 1. The average molecular weight is 282 g/mol. The molecule has 16 heavy (non-hydrogen) atoms. The van der Waals surface area contributed by atoms with Gasteiger partial charge in [0.05, 0.1) is 18.3 Å². The first kappa shape index (κ1) is 11.4. The number of hydrogen-bond acceptors (Lipinski definition) is 3. The Morgan fingerprint density at radius 2 is 2.12 bits per heavy atom. The number of methoxy groups -OCH3 is 1. The Morgan fingerprint density at radius 1 is 1.25 bits per heavy atom. The quantitative estimate of drug-likeness (QED) is 0.808. The van der Waals surface area contributed by atoms with Crippen LogP contribution in [0.25, 0.3) is 10.9 Å². The highest BCUT2D eigenvalue weighted by molar-refractivity contribution is 9.10. The maximum Gasteiger partial charge on any atom is 0.138 e. The smallest absolute Gasteiger partial charge is 0.138 e. The van der Waals surface area contributed by atoms with Gasteiger partial charge < -0.3 is 9.47 Å². The molecule has 2 rings (SSSR count). The van der Waals surface area contributed by atoms with Gasteiger partial charge in [-0.15, -0.1) is 0 Å². The average Bonchev–Trinajstić information content (AvgIpc) is 2.29. The third-order valence-corrected chi connectivity index (χ3v) is 2.67. The summed E-state index contributed by atoms with van der Waals surface area (Å²) >= 11 is 3.43. The lowest BCUT2D eigenvalue weighted by Gasteiger charge is -2.06. The highest BCUT2D eigenvalue weighted by Crippen LogP contribution is 2.21.